The molecule has 0 aromatic rings. The van der Waals surface area contributed by atoms with Crippen molar-refractivity contribution >= 4 is 0 Å². The summed E-state index contributed by atoms with van der Waals surface area (Å²) in [5.74, 6) is 1.66. The number of nitrogens with zero attached hydrogens (tertiary/aromatic N) is 1. The number of piperidine rings is 1. The predicted molar refractivity (Wildman–Crippen MR) is 66.9 cm³/mol. The van der Waals surface area contributed by atoms with E-state index in [1.54, 1.807) is 0 Å². The van der Waals surface area contributed by atoms with Crippen molar-refractivity contribution in [3.63, 3.8) is 0 Å². The van der Waals surface area contributed by atoms with Crippen molar-refractivity contribution in [2.24, 2.45) is 17.6 Å². The van der Waals surface area contributed by atoms with Crippen molar-refractivity contribution in [2.75, 3.05) is 19.6 Å². The highest BCUT2D eigenvalue weighted by atomic mass is 15.2. The number of nitrogens with two attached hydrogens (primary N) is 1. The number of hydrogen-bond donors (Lipinski definition) is 1. The van der Waals surface area contributed by atoms with Gasteiger partial charge in [0, 0.05) is 19.1 Å². The summed E-state index contributed by atoms with van der Waals surface area (Å²) in [6, 6.07) is 0.615. The van der Waals surface area contributed by atoms with Crippen molar-refractivity contribution in [3.05, 3.63) is 0 Å². The van der Waals surface area contributed by atoms with Gasteiger partial charge in [-0.3, -0.25) is 4.90 Å². The van der Waals surface area contributed by atoms with Gasteiger partial charge in [-0.05, 0) is 31.2 Å². The molecule has 15 heavy (non-hydrogen) atoms. The summed E-state index contributed by atoms with van der Waals surface area (Å²) in [4.78, 5) is 2.64. The first-order valence-corrected chi connectivity index (χ1v) is 6.67. The van der Waals surface area contributed by atoms with Gasteiger partial charge in [0.05, 0.1) is 0 Å². The van der Waals surface area contributed by atoms with Crippen LogP contribution in [0.25, 0.3) is 0 Å². The fourth-order valence-electron chi connectivity index (χ4n) is 2.75. The van der Waals surface area contributed by atoms with Crippen molar-refractivity contribution in [1.82, 2.24) is 4.90 Å². The van der Waals surface area contributed by atoms with Crippen LogP contribution in [0.1, 0.15) is 46.5 Å². The van der Waals surface area contributed by atoms with E-state index in [2.05, 4.69) is 25.7 Å². The van der Waals surface area contributed by atoms with Crippen molar-refractivity contribution in [3.8, 4) is 0 Å². The summed E-state index contributed by atoms with van der Waals surface area (Å²) < 4.78 is 0. The molecule has 0 bridgehead atoms. The SMILES string of the molecule is CCC1CCCN(C(CN)C(C)CC)C1. The molecule has 90 valence electrons. The molecule has 0 aromatic heterocycles. The fourth-order valence-corrected chi connectivity index (χ4v) is 2.75. The van der Waals surface area contributed by atoms with Gasteiger partial charge in [0.25, 0.3) is 0 Å². The van der Waals surface area contributed by atoms with Crippen LogP contribution in [0.5, 0.6) is 0 Å². The van der Waals surface area contributed by atoms with Crippen LogP contribution in [0.15, 0.2) is 0 Å². The maximum absolute atomic E-state index is 5.93. The van der Waals surface area contributed by atoms with Crippen LogP contribution in [0.4, 0.5) is 0 Å². The third-order valence-electron chi connectivity index (χ3n) is 4.14. The quantitative estimate of drug-likeness (QED) is 0.758. The molecule has 0 amide bonds. The topological polar surface area (TPSA) is 29.3 Å². The van der Waals surface area contributed by atoms with Crippen LogP contribution in [-0.4, -0.2) is 30.6 Å². The van der Waals surface area contributed by atoms with Crippen LogP contribution in [0, 0.1) is 11.8 Å². The first-order chi connectivity index (χ1) is 7.22. The smallest absolute Gasteiger partial charge is 0.0244 e. The van der Waals surface area contributed by atoms with Crippen LogP contribution < -0.4 is 5.73 Å². The van der Waals surface area contributed by atoms with E-state index in [1.807, 2.05) is 0 Å². The summed E-state index contributed by atoms with van der Waals surface area (Å²) in [7, 11) is 0. The Balaban J connectivity index is 2.51. The lowest BCUT2D eigenvalue weighted by atomic mass is 9.90. The van der Waals surface area contributed by atoms with Gasteiger partial charge in [0.15, 0.2) is 0 Å². The minimum atomic E-state index is 0.615. The van der Waals surface area contributed by atoms with Gasteiger partial charge in [-0.15, -0.1) is 0 Å². The molecule has 2 N–H and O–H groups in total. The highest BCUT2D eigenvalue weighted by molar-refractivity contribution is 4.82. The molecule has 1 rings (SSSR count). The van der Waals surface area contributed by atoms with Gasteiger partial charge < -0.3 is 5.73 Å². The minimum absolute atomic E-state index is 0.615. The van der Waals surface area contributed by atoms with Crippen LogP contribution in [-0.2, 0) is 0 Å². The van der Waals surface area contributed by atoms with Gasteiger partial charge in [-0.1, -0.05) is 33.6 Å². The third-order valence-corrected chi connectivity index (χ3v) is 4.14. The van der Waals surface area contributed by atoms with E-state index in [0.717, 1.165) is 18.4 Å². The molecule has 1 heterocycles. The molecule has 1 saturated heterocycles. The van der Waals surface area contributed by atoms with Gasteiger partial charge in [0.1, 0.15) is 0 Å². The molecule has 0 spiro atoms. The van der Waals surface area contributed by atoms with Crippen LogP contribution >= 0.6 is 0 Å². The van der Waals surface area contributed by atoms with Gasteiger partial charge in [-0.25, -0.2) is 0 Å². The Morgan fingerprint density at radius 1 is 1.40 bits per heavy atom. The first kappa shape index (κ1) is 13.0. The van der Waals surface area contributed by atoms with Gasteiger partial charge in [0.2, 0.25) is 0 Å². The maximum atomic E-state index is 5.93. The fraction of sp³-hybridized carbons (Fsp3) is 1.00. The molecule has 0 aliphatic carbocycles. The second-order valence-corrected chi connectivity index (χ2v) is 5.10. The van der Waals surface area contributed by atoms with E-state index in [9.17, 15) is 0 Å². The molecule has 0 aromatic carbocycles. The molecule has 2 nitrogen and oxygen atoms in total. The molecule has 2 heteroatoms. The summed E-state index contributed by atoms with van der Waals surface area (Å²) in [5.41, 5.74) is 5.93. The monoisotopic (exact) mass is 212 g/mol. The summed E-state index contributed by atoms with van der Waals surface area (Å²) >= 11 is 0. The average Bonchev–Trinajstić information content (AvgIpc) is 2.30. The van der Waals surface area contributed by atoms with E-state index < -0.39 is 0 Å². The zero-order chi connectivity index (χ0) is 11.3. The highest BCUT2D eigenvalue weighted by Gasteiger charge is 2.26. The van der Waals surface area contributed by atoms with Crippen LogP contribution in [0.3, 0.4) is 0 Å². The molecule has 1 aliphatic rings. The normalized spacial score (nSPS) is 27.6. The lowest BCUT2D eigenvalue weighted by Gasteiger charge is -2.40. The standard InChI is InChI=1S/C13H28N2/c1-4-11(3)13(9-14)15-8-6-7-12(5-2)10-15/h11-13H,4-10,14H2,1-3H3. The lowest BCUT2D eigenvalue weighted by Crippen LogP contribution is -2.49. The van der Waals surface area contributed by atoms with E-state index in [4.69, 9.17) is 5.73 Å². The average molecular weight is 212 g/mol. The van der Waals surface area contributed by atoms with E-state index >= 15 is 0 Å². The molecule has 1 fully saturated rings. The van der Waals surface area contributed by atoms with Gasteiger partial charge in [-0.2, -0.15) is 0 Å². The molecule has 0 radical (unpaired) electrons. The molecule has 1 aliphatic heterocycles. The Morgan fingerprint density at radius 2 is 2.13 bits per heavy atom. The molecular formula is C13H28N2. The Bertz CT molecular complexity index is 170. The zero-order valence-corrected chi connectivity index (χ0v) is 10.7. The van der Waals surface area contributed by atoms with Crippen molar-refractivity contribution < 1.29 is 0 Å². The number of rotatable bonds is 5. The highest BCUT2D eigenvalue weighted by Crippen LogP contribution is 2.24. The minimum Gasteiger partial charge on any atom is -0.329 e. The molecular weight excluding hydrogens is 184 g/mol. The largest absolute Gasteiger partial charge is 0.329 e. The Hall–Kier alpha value is -0.0800. The Kier molecular flexibility index (Phi) is 5.62. The zero-order valence-electron chi connectivity index (χ0n) is 10.7. The summed E-state index contributed by atoms with van der Waals surface area (Å²) in [6.07, 6.45) is 5.36. The molecule has 3 unspecified atom stereocenters. The maximum Gasteiger partial charge on any atom is 0.0244 e. The summed E-state index contributed by atoms with van der Waals surface area (Å²) in [5, 5.41) is 0. The van der Waals surface area contributed by atoms with E-state index in [1.165, 1.54) is 38.8 Å². The third kappa shape index (κ3) is 3.46. The summed E-state index contributed by atoms with van der Waals surface area (Å²) in [6.45, 7) is 10.3. The van der Waals surface area contributed by atoms with Crippen molar-refractivity contribution in [2.45, 2.75) is 52.5 Å². The predicted octanol–water partition coefficient (Wildman–Crippen LogP) is 2.48. The van der Waals surface area contributed by atoms with Crippen LogP contribution in [0.2, 0.25) is 0 Å². The number of hydrogen-bond acceptors (Lipinski definition) is 2. The van der Waals surface area contributed by atoms with Crippen molar-refractivity contribution in [1.29, 1.82) is 0 Å². The van der Waals surface area contributed by atoms with E-state index in [0.29, 0.717) is 6.04 Å². The second-order valence-electron chi connectivity index (χ2n) is 5.10. The molecule has 0 saturated carbocycles. The lowest BCUT2D eigenvalue weighted by molar-refractivity contribution is 0.0925. The molecule has 3 atom stereocenters. The first-order valence-electron chi connectivity index (χ1n) is 6.67. The second kappa shape index (κ2) is 6.49. The number of likely N-dealkylation sites (tertiary alicyclic amines) is 1. The Morgan fingerprint density at radius 3 is 2.67 bits per heavy atom. The van der Waals surface area contributed by atoms with E-state index in [-0.39, 0.29) is 0 Å². The van der Waals surface area contributed by atoms with Gasteiger partial charge >= 0.3 is 0 Å². The Labute approximate surface area is 95.2 Å².